The molecule has 0 aliphatic carbocycles. The summed E-state index contributed by atoms with van der Waals surface area (Å²) in [4.78, 5) is 40.0. The lowest BCUT2D eigenvalue weighted by Crippen LogP contribution is -2.46. The Morgan fingerprint density at radius 1 is 1.08 bits per heavy atom. The lowest BCUT2D eigenvalue weighted by atomic mass is 10.1. The van der Waals surface area contributed by atoms with Crippen molar-refractivity contribution >= 4 is 40.3 Å². The highest BCUT2D eigenvalue weighted by atomic mass is 35.5. The van der Waals surface area contributed by atoms with Gasteiger partial charge in [-0.2, -0.15) is 5.01 Å². The number of amides is 4. The number of imide groups is 1. The molecule has 1 unspecified atom stereocenters. The molecule has 8 heteroatoms. The number of nitrogens with zero attached hydrogens (tertiary/aromatic N) is 1. The minimum Gasteiger partial charge on any atom is -0.350 e. The Balaban J connectivity index is 1.55. The van der Waals surface area contributed by atoms with Gasteiger partial charge in [-0.05, 0) is 29.8 Å². The Kier molecular flexibility index (Phi) is 3.85. The number of carbonyl (C=O) groups is 3. The molecule has 3 N–H and O–H groups in total. The van der Waals surface area contributed by atoms with E-state index in [-0.39, 0.29) is 5.69 Å². The number of benzene rings is 2. The van der Waals surface area contributed by atoms with Crippen molar-refractivity contribution in [2.75, 3.05) is 0 Å². The van der Waals surface area contributed by atoms with Crippen molar-refractivity contribution in [3.8, 4) is 0 Å². The molecule has 3 aromatic rings. The van der Waals surface area contributed by atoms with Gasteiger partial charge < -0.3 is 10.3 Å². The van der Waals surface area contributed by atoms with Crippen LogP contribution in [0.2, 0.25) is 5.02 Å². The summed E-state index contributed by atoms with van der Waals surface area (Å²) in [6, 6.07) is 14.1. The van der Waals surface area contributed by atoms with E-state index in [1.807, 2.05) is 6.07 Å². The minimum atomic E-state index is -0.828. The third-order valence-corrected chi connectivity index (χ3v) is 4.35. The van der Waals surface area contributed by atoms with E-state index >= 15 is 0 Å². The molecule has 4 amide bonds. The summed E-state index contributed by atoms with van der Waals surface area (Å²) < 4.78 is 0. The summed E-state index contributed by atoms with van der Waals surface area (Å²) in [5.41, 5.74) is 3.92. The minimum absolute atomic E-state index is 0.214. The first kappa shape index (κ1) is 16.2. The molecular weight excluding hydrogens is 356 g/mol. The van der Waals surface area contributed by atoms with E-state index in [0.29, 0.717) is 15.6 Å². The molecule has 1 saturated heterocycles. The maximum Gasteiger partial charge on any atom is 0.344 e. The Morgan fingerprint density at radius 3 is 2.62 bits per heavy atom. The van der Waals surface area contributed by atoms with Crippen LogP contribution in [0.25, 0.3) is 10.9 Å². The van der Waals surface area contributed by atoms with Gasteiger partial charge in [0.15, 0.2) is 0 Å². The summed E-state index contributed by atoms with van der Waals surface area (Å²) in [7, 11) is 0. The predicted molar refractivity (Wildman–Crippen MR) is 95.3 cm³/mol. The van der Waals surface area contributed by atoms with Crippen LogP contribution in [0.1, 0.15) is 22.1 Å². The van der Waals surface area contributed by atoms with Crippen LogP contribution >= 0.6 is 11.6 Å². The van der Waals surface area contributed by atoms with Gasteiger partial charge in [-0.3, -0.25) is 15.0 Å². The number of carbonyl (C=O) groups excluding carboxylic acids is 3. The molecule has 1 fully saturated rings. The van der Waals surface area contributed by atoms with Crippen LogP contribution in [-0.2, 0) is 4.79 Å². The Hall–Kier alpha value is -3.32. The quantitative estimate of drug-likeness (QED) is 0.620. The SMILES string of the molecule is O=C(NN1C(=O)NC(c2ccccc2)C1=O)c1cc2cc(Cl)ccc2[nH]1. The number of fused-ring (bicyclic) bond motifs is 1. The Labute approximate surface area is 152 Å². The highest BCUT2D eigenvalue weighted by Crippen LogP contribution is 2.22. The summed E-state index contributed by atoms with van der Waals surface area (Å²) in [6.07, 6.45) is 0. The number of aromatic nitrogens is 1. The largest absolute Gasteiger partial charge is 0.350 e. The van der Waals surface area contributed by atoms with Crippen molar-refractivity contribution in [2.24, 2.45) is 0 Å². The number of H-pyrrole nitrogens is 1. The highest BCUT2D eigenvalue weighted by molar-refractivity contribution is 6.31. The molecule has 2 heterocycles. The number of hydrazine groups is 1. The van der Waals surface area contributed by atoms with E-state index in [4.69, 9.17) is 11.6 Å². The van der Waals surface area contributed by atoms with E-state index in [0.717, 1.165) is 10.9 Å². The van der Waals surface area contributed by atoms with E-state index in [2.05, 4.69) is 15.7 Å². The molecule has 130 valence electrons. The van der Waals surface area contributed by atoms with Gasteiger partial charge in [0.2, 0.25) is 0 Å². The van der Waals surface area contributed by atoms with Crippen LogP contribution < -0.4 is 10.7 Å². The van der Waals surface area contributed by atoms with Gasteiger partial charge in [0.05, 0.1) is 0 Å². The topological polar surface area (TPSA) is 94.3 Å². The van der Waals surface area contributed by atoms with Gasteiger partial charge in [0.1, 0.15) is 11.7 Å². The molecule has 26 heavy (non-hydrogen) atoms. The lowest BCUT2D eigenvalue weighted by Gasteiger charge is -2.13. The molecule has 4 rings (SSSR count). The average Bonchev–Trinajstić information content (AvgIpc) is 3.18. The second kappa shape index (κ2) is 6.20. The van der Waals surface area contributed by atoms with Crippen molar-refractivity contribution in [2.45, 2.75) is 6.04 Å². The lowest BCUT2D eigenvalue weighted by molar-refractivity contribution is -0.129. The fraction of sp³-hybridized carbons (Fsp3) is 0.0556. The first-order valence-electron chi connectivity index (χ1n) is 7.81. The number of halogens is 1. The molecule has 0 bridgehead atoms. The molecule has 7 nitrogen and oxygen atoms in total. The van der Waals surface area contributed by atoms with Gasteiger partial charge in [-0.15, -0.1) is 0 Å². The fourth-order valence-electron chi connectivity index (χ4n) is 2.84. The van der Waals surface area contributed by atoms with Crippen LogP contribution in [0.15, 0.2) is 54.6 Å². The van der Waals surface area contributed by atoms with Gasteiger partial charge >= 0.3 is 6.03 Å². The van der Waals surface area contributed by atoms with E-state index in [1.165, 1.54) is 0 Å². The Morgan fingerprint density at radius 2 is 1.85 bits per heavy atom. The third kappa shape index (κ3) is 2.78. The smallest absolute Gasteiger partial charge is 0.344 e. The van der Waals surface area contributed by atoms with Crippen molar-refractivity contribution < 1.29 is 14.4 Å². The number of urea groups is 1. The molecule has 1 aliphatic heterocycles. The van der Waals surface area contributed by atoms with Gasteiger partial charge in [0, 0.05) is 15.9 Å². The van der Waals surface area contributed by atoms with E-state index < -0.39 is 23.9 Å². The van der Waals surface area contributed by atoms with E-state index in [9.17, 15) is 14.4 Å². The van der Waals surface area contributed by atoms with Gasteiger partial charge in [0.25, 0.3) is 11.8 Å². The summed E-state index contributed by atoms with van der Waals surface area (Å²) >= 11 is 5.94. The van der Waals surface area contributed by atoms with Crippen molar-refractivity contribution in [1.29, 1.82) is 0 Å². The first-order valence-corrected chi connectivity index (χ1v) is 8.19. The zero-order valence-corrected chi connectivity index (χ0v) is 14.1. The van der Waals surface area contributed by atoms with Crippen molar-refractivity contribution in [3.63, 3.8) is 0 Å². The number of nitrogens with one attached hydrogen (secondary N) is 3. The van der Waals surface area contributed by atoms with Crippen LogP contribution in [-0.4, -0.2) is 27.8 Å². The summed E-state index contributed by atoms with van der Waals surface area (Å²) in [5.74, 6) is -1.15. The third-order valence-electron chi connectivity index (χ3n) is 4.11. The standard InChI is InChI=1S/C18H13ClN4O3/c19-12-6-7-13-11(8-12)9-14(20-13)16(24)22-23-17(25)15(21-18(23)26)10-4-2-1-3-5-10/h1-9,15,20H,(H,21,26)(H,22,24). The summed E-state index contributed by atoms with van der Waals surface area (Å²) in [5, 5.41) is 4.55. The number of hydrogen-bond donors (Lipinski definition) is 3. The van der Waals surface area contributed by atoms with Gasteiger partial charge in [-0.1, -0.05) is 41.9 Å². The van der Waals surface area contributed by atoms with Crippen LogP contribution in [0, 0.1) is 0 Å². The predicted octanol–water partition coefficient (Wildman–Crippen LogP) is 2.76. The first-order chi connectivity index (χ1) is 12.5. The summed E-state index contributed by atoms with van der Waals surface area (Å²) in [6.45, 7) is 0. The van der Waals surface area contributed by atoms with Crippen molar-refractivity contribution in [1.82, 2.24) is 20.7 Å². The molecule has 2 aromatic carbocycles. The number of aromatic amines is 1. The fourth-order valence-corrected chi connectivity index (χ4v) is 3.02. The van der Waals surface area contributed by atoms with Crippen molar-refractivity contribution in [3.05, 3.63) is 70.9 Å². The number of rotatable bonds is 3. The molecule has 0 saturated carbocycles. The van der Waals surface area contributed by atoms with Crippen LogP contribution in [0.3, 0.4) is 0 Å². The normalized spacial score (nSPS) is 16.8. The zero-order valence-electron chi connectivity index (χ0n) is 13.3. The molecular formula is C18H13ClN4O3. The number of hydrogen-bond acceptors (Lipinski definition) is 3. The maximum absolute atomic E-state index is 12.5. The molecule has 1 aliphatic rings. The zero-order chi connectivity index (χ0) is 18.3. The molecule has 1 atom stereocenters. The van der Waals surface area contributed by atoms with Crippen LogP contribution in [0.5, 0.6) is 0 Å². The monoisotopic (exact) mass is 368 g/mol. The molecule has 1 aromatic heterocycles. The maximum atomic E-state index is 12.5. The second-order valence-electron chi connectivity index (χ2n) is 5.82. The molecule has 0 radical (unpaired) electrons. The van der Waals surface area contributed by atoms with Crippen LogP contribution in [0.4, 0.5) is 4.79 Å². The highest BCUT2D eigenvalue weighted by Gasteiger charge is 2.40. The van der Waals surface area contributed by atoms with Gasteiger partial charge in [-0.25, -0.2) is 4.79 Å². The molecule has 0 spiro atoms. The second-order valence-corrected chi connectivity index (χ2v) is 6.26. The van der Waals surface area contributed by atoms with E-state index in [1.54, 1.807) is 48.5 Å². The average molecular weight is 369 g/mol. The Bertz CT molecular complexity index is 1030.